The van der Waals surface area contributed by atoms with E-state index in [4.69, 9.17) is 32.7 Å². The van der Waals surface area contributed by atoms with Crippen molar-refractivity contribution in [3.63, 3.8) is 0 Å². The van der Waals surface area contributed by atoms with Crippen LogP contribution < -0.4 is 0 Å². The Bertz CT molecular complexity index is 598. The molecule has 0 bridgehead atoms. The topological polar surface area (TPSA) is 52.6 Å². The van der Waals surface area contributed by atoms with E-state index in [1.807, 2.05) is 0 Å². The fraction of sp³-hybridized carbons (Fsp3) is 0.222. The Kier molecular flexibility index (Phi) is 12.1. The van der Waals surface area contributed by atoms with Crippen LogP contribution in [-0.4, -0.2) is 25.2 Å². The Labute approximate surface area is 170 Å². The standard InChI is InChI=1S/2C9H8ClO2.Zn/c2*1-2-12-9(11)7-3-5-8(10)6-4-7;/h2*3,5-6H,2H2,1H3;/q2*-1;+2. The van der Waals surface area contributed by atoms with Crippen molar-refractivity contribution in [1.82, 2.24) is 0 Å². The summed E-state index contributed by atoms with van der Waals surface area (Å²) in [6, 6.07) is 14.9. The molecule has 4 nitrogen and oxygen atoms in total. The third-order valence-corrected chi connectivity index (χ3v) is 3.01. The molecule has 128 valence electrons. The third-order valence-electron chi connectivity index (χ3n) is 2.54. The summed E-state index contributed by atoms with van der Waals surface area (Å²) in [6.45, 7) is 4.26. The fourth-order valence-corrected chi connectivity index (χ4v) is 1.72. The minimum atomic E-state index is -0.367. The van der Waals surface area contributed by atoms with Gasteiger partial charge in [-0.05, 0) is 23.9 Å². The maximum Gasteiger partial charge on any atom is 2.00 e. The second-order valence-electron chi connectivity index (χ2n) is 4.28. The molecule has 0 saturated heterocycles. The van der Waals surface area contributed by atoms with Crippen molar-refractivity contribution in [3.8, 4) is 0 Å². The molecular formula is C18H16Cl2O4Zn. The quantitative estimate of drug-likeness (QED) is 0.401. The summed E-state index contributed by atoms with van der Waals surface area (Å²) < 4.78 is 9.51. The molecule has 0 radical (unpaired) electrons. The monoisotopic (exact) mass is 430 g/mol. The van der Waals surface area contributed by atoms with Gasteiger partial charge in [-0.15, -0.1) is 71.7 Å². The molecule has 0 fully saturated rings. The molecule has 25 heavy (non-hydrogen) atoms. The number of ether oxygens (including phenoxy) is 2. The van der Waals surface area contributed by atoms with Crippen LogP contribution in [0.25, 0.3) is 0 Å². The summed E-state index contributed by atoms with van der Waals surface area (Å²) in [5.74, 6) is -0.733. The van der Waals surface area contributed by atoms with Crippen LogP contribution in [0.3, 0.4) is 0 Å². The van der Waals surface area contributed by atoms with Crippen molar-refractivity contribution in [1.29, 1.82) is 0 Å². The van der Waals surface area contributed by atoms with E-state index in [1.54, 1.807) is 38.1 Å². The summed E-state index contributed by atoms with van der Waals surface area (Å²) in [5.41, 5.74) is 0.808. The molecular weight excluding hydrogens is 416 g/mol. The number of esters is 2. The molecule has 7 heteroatoms. The Morgan fingerprint density at radius 1 is 0.840 bits per heavy atom. The zero-order chi connectivity index (χ0) is 17.9. The minimum absolute atomic E-state index is 0. The Morgan fingerprint density at radius 3 is 1.44 bits per heavy atom. The predicted molar refractivity (Wildman–Crippen MR) is 92.5 cm³/mol. The number of hydrogen-bond acceptors (Lipinski definition) is 4. The second kappa shape index (κ2) is 12.9. The van der Waals surface area contributed by atoms with E-state index in [0.29, 0.717) is 34.4 Å². The molecule has 0 amide bonds. The summed E-state index contributed by atoms with van der Waals surface area (Å²) in [7, 11) is 0. The van der Waals surface area contributed by atoms with Gasteiger partial charge in [0.25, 0.3) is 0 Å². The van der Waals surface area contributed by atoms with Crippen LogP contribution in [0.1, 0.15) is 34.6 Å². The van der Waals surface area contributed by atoms with Gasteiger partial charge in [0.15, 0.2) is 0 Å². The van der Waals surface area contributed by atoms with E-state index >= 15 is 0 Å². The number of carbonyl (C=O) groups excluding carboxylic acids is 2. The molecule has 2 aromatic rings. The molecule has 0 aliphatic rings. The van der Waals surface area contributed by atoms with Gasteiger partial charge in [-0.1, -0.05) is 11.1 Å². The molecule has 0 unspecified atom stereocenters. The van der Waals surface area contributed by atoms with E-state index in [1.165, 1.54) is 12.1 Å². The molecule has 0 aliphatic carbocycles. The number of benzene rings is 2. The summed E-state index contributed by atoms with van der Waals surface area (Å²) in [6.07, 6.45) is 0. The van der Waals surface area contributed by atoms with Gasteiger partial charge < -0.3 is 19.1 Å². The molecule has 0 aromatic heterocycles. The van der Waals surface area contributed by atoms with Gasteiger partial charge in [-0.2, -0.15) is 0 Å². The predicted octanol–water partition coefficient (Wildman–Crippen LogP) is 4.63. The number of rotatable bonds is 4. The van der Waals surface area contributed by atoms with E-state index < -0.39 is 0 Å². The molecule has 0 heterocycles. The maximum absolute atomic E-state index is 11.1. The van der Waals surface area contributed by atoms with Crippen molar-refractivity contribution in [2.75, 3.05) is 13.2 Å². The maximum atomic E-state index is 11.1. The van der Waals surface area contributed by atoms with Gasteiger partial charge >= 0.3 is 19.5 Å². The Balaban J connectivity index is 0.000000443. The van der Waals surface area contributed by atoms with Crippen molar-refractivity contribution in [3.05, 3.63) is 69.7 Å². The first-order valence-corrected chi connectivity index (χ1v) is 7.92. The number of halogens is 2. The Morgan fingerprint density at radius 2 is 1.20 bits per heavy atom. The average Bonchev–Trinajstić information content (AvgIpc) is 2.57. The van der Waals surface area contributed by atoms with Crippen molar-refractivity contribution in [2.45, 2.75) is 13.8 Å². The van der Waals surface area contributed by atoms with Crippen LogP contribution in [0.2, 0.25) is 10.0 Å². The van der Waals surface area contributed by atoms with Crippen molar-refractivity contribution >= 4 is 35.1 Å². The van der Waals surface area contributed by atoms with Gasteiger partial charge in [0, 0.05) is 0 Å². The van der Waals surface area contributed by atoms with Crippen LogP contribution in [0.5, 0.6) is 0 Å². The van der Waals surface area contributed by atoms with Gasteiger partial charge in [0.1, 0.15) is 0 Å². The molecule has 2 aromatic carbocycles. The molecule has 0 saturated carbocycles. The van der Waals surface area contributed by atoms with Gasteiger partial charge in [0.05, 0.1) is 13.2 Å². The van der Waals surface area contributed by atoms with Crippen LogP contribution in [0.15, 0.2) is 36.4 Å². The first-order valence-electron chi connectivity index (χ1n) is 7.16. The molecule has 0 spiro atoms. The van der Waals surface area contributed by atoms with E-state index in [2.05, 4.69) is 12.1 Å². The van der Waals surface area contributed by atoms with Crippen molar-refractivity contribution < 1.29 is 38.5 Å². The van der Waals surface area contributed by atoms with Crippen LogP contribution >= 0.6 is 23.2 Å². The van der Waals surface area contributed by atoms with Crippen LogP contribution in [0.4, 0.5) is 0 Å². The average molecular weight is 433 g/mol. The van der Waals surface area contributed by atoms with E-state index in [9.17, 15) is 9.59 Å². The molecule has 0 N–H and O–H groups in total. The largest absolute Gasteiger partial charge is 2.00 e. The first-order chi connectivity index (χ1) is 11.5. The minimum Gasteiger partial charge on any atom is -0.506 e. The van der Waals surface area contributed by atoms with Gasteiger partial charge in [-0.3, -0.25) is 0 Å². The number of hydrogen-bond donors (Lipinski definition) is 0. The normalized spacial score (nSPS) is 9.12. The fourth-order valence-electron chi connectivity index (χ4n) is 1.48. The molecule has 0 aliphatic heterocycles. The molecule has 0 atom stereocenters. The van der Waals surface area contributed by atoms with Crippen molar-refractivity contribution in [2.24, 2.45) is 0 Å². The smallest absolute Gasteiger partial charge is 0.506 e. The van der Waals surface area contributed by atoms with Crippen LogP contribution in [-0.2, 0) is 29.0 Å². The number of carbonyl (C=O) groups is 2. The SMILES string of the molecule is CCOC(=O)c1[c-]cc(Cl)cc1.CCOC(=O)c1[c-]cc(Cl)cc1.[Zn+2]. The van der Waals surface area contributed by atoms with Gasteiger partial charge in [-0.25, -0.2) is 0 Å². The first kappa shape index (κ1) is 23.6. The zero-order valence-corrected chi connectivity index (χ0v) is 18.5. The Hall–Kier alpha value is -1.42. The zero-order valence-electron chi connectivity index (χ0n) is 14.0. The van der Waals surface area contributed by atoms with E-state index in [-0.39, 0.29) is 31.4 Å². The summed E-state index contributed by atoms with van der Waals surface area (Å²) in [4.78, 5) is 22.1. The summed E-state index contributed by atoms with van der Waals surface area (Å²) in [5, 5.41) is 1.12. The van der Waals surface area contributed by atoms with E-state index in [0.717, 1.165) is 0 Å². The third kappa shape index (κ3) is 9.01. The summed E-state index contributed by atoms with van der Waals surface area (Å²) >= 11 is 11.2. The van der Waals surface area contributed by atoms with Crippen LogP contribution in [0, 0.1) is 12.1 Å². The second-order valence-corrected chi connectivity index (χ2v) is 5.15. The van der Waals surface area contributed by atoms with Gasteiger partial charge in [0.2, 0.25) is 11.9 Å². The molecule has 2 rings (SSSR count).